The van der Waals surface area contributed by atoms with Gasteiger partial charge in [-0.3, -0.25) is 14.3 Å². The molecule has 10 nitrogen and oxygen atoms in total. The molecule has 3 rings (SSSR count). The number of carbonyl (C=O) groups excluding carboxylic acids is 2. The molecule has 0 spiro atoms. The predicted molar refractivity (Wildman–Crippen MR) is 120 cm³/mol. The van der Waals surface area contributed by atoms with Gasteiger partial charge in [0.1, 0.15) is 5.76 Å². The lowest BCUT2D eigenvalue weighted by Crippen LogP contribution is -2.46. The van der Waals surface area contributed by atoms with Gasteiger partial charge < -0.3 is 19.3 Å². The normalized spacial score (nSPS) is 15.6. The van der Waals surface area contributed by atoms with Crippen molar-refractivity contribution in [1.29, 1.82) is 0 Å². The van der Waals surface area contributed by atoms with Crippen molar-refractivity contribution >= 4 is 33.5 Å². The van der Waals surface area contributed by atoms with Crippen LogP contribution in [0.3, 0.4) is 0 Å². The number of nitrogens with zero attached hydrogens (tertiary/aromatic N) is 1. The largest absolute Gasteiger partial charge is 0.468 e. The first-order chi connectivity index (χ1) is 15.7. The molecular formula is C22H29N3O7S. The number of aromatic nitrogens is 1. The van der Waals surface area contributed by atoms with Crippen LogP contribution >= 0.6 is 0 Å². The van der Waals surface area contributed by atoms with E-state index in [0.717, 1.165) is 32.1 Å². The predicted octanol–water partition coefficient (Wildman–Crippen LogP) is 3.11. The Bertz CT molecular complexity index is 1040. The molecule has 1 aromatic heterocycles. The molecule has 0 saturated heterocycles. The Balaban J connectivity index is 1.83. The molecule has 33 heavy (non-hydrogen) atoms. The highest BCUT2D eigenvalue weighted by Gasteiger charge is 2.41. The molecule has 180 valence electrons. The van der Waals surface area contributed by atoms with E-state index in [2.05, 4.69) is 15.2 Å². The number of carbonyl (C=O) groups is 2. The number of esters is 2. The Morgan fingerprint density at radius 3 is 2.18 bits per heavy atom. The molecule has 0 amide bonds. The molecule has 1 saturated carbocycles. The van der Waals surface area contributed by atoms with Crippen LogP contribution in [0.25, 0.3) is 0 Å². The summed E-state index contributed by atoms with van der Waals surface area (Å²) in [4.78, 5) is 25.0. The maximum absolute atomic E-state index is 12.6. The minimum absolute atomic E-state index is 0.0282. The summed E-state index contributed by atoms with van der Waals surface area (Å²) >= 11 is 0. The molecular weight excluding hydrogens is 450 g/mol. The van der Waals surface area contributed by atoms with Crippen LogP contribution in [0.15, 0.2) is 39.8 Å². The molecule has 1 aliphatic carbocycles. The third-order valence-corrected chi connectivity index (χ3v) is 7.16. The molecule has 1 aromatic carbocycles. The minimum atomic E-state index is -3.87. The van der Waals surface area contributed by atoms with Gasteiger partial charge in [-0.15, -0.1) is 0 Å². The Kier molecular flexibility index (Phi) is 7.96. The molecule has 2 aromatic rings. The minimum Gasteiger partial charge on any atom is -0.468 e. The summed E-state index contributed by atoms with van der Waals surface area (Å²) < 4.78 is 42.3. The summed E-state index contributed by atoms with van der Waals surface area (Å²) in [5.74, 6) is -1.85. The fourth-order valence-corrected chi connectivity index (χ4v) is 5.13. The number of methoxy groups -OCH3 is 2. The Morgan fingerprint density at radius 2 is 1.67 bits per heavy atom. The lowest BCUT2D eigenvalue weighted by molar-refractivity contribution is -0.160. The average molecular weight is 480 g/mol. The van der Waals surface area contributed by atoms with E-state index in [1.807, 2.05) is 0 Å². The fourth-order valence-electron chi connectivity index (χ4n) is 4.14. The highest BCUT2D eigenvalue weighted by Crippen LogP contribution is 2.33. The quantitative estimate of drug-likeness (QED) is 0.410. The lowest BCUT2D eigenvalue weighted by atomic mass is 9.78. The summed E-state index contributed by atoms with van der Waals surface area (Å²) in [5, 5.41) is 6.91. The SMILES string of the molecule is COC(=O)C(C(=O)OC)[C@@H](Nc1ccc(S(=O)(=O)Nc2cc(C)on2)cc1)C1CCCCC1. The zero-order chi connectivity index (χ0) is 24.0. The fraction of sp³-hybridized carbons (Fsp3) is 0.500. The molecule has 0 bridgehead atoms. The van der Waals surface area contributed by atoms with E-state index >= 15 is 0 Å². The van der Waals surface area contributed by atoms with E-state index in [0.29, 0.717) is 11.4 Å². The number of rotatable bonds is 9. The number of hydrogen-bond acceptors (Lipinski definition) is 9. The maximum atomic E-state index is 12.6. The van der Waals surface area contributed by atoms with Gasteiger partial charge in [0.05, 0.1) is 25.2 Å². The van der Waals surface area contributed by atoms with Crippen LogP contribution in [-0.2, 0) is 29.1 Å². The third-order valence-electron chi connectivity index (χ3n) is 5.79. The van der Waals surface area contributed by atoms with Crippen LogP contribution in [0.1, 0.15) is 37.9 Å². The second-order valence-electron chi connectivity index (χ2n) is 8.04. The topological polar surface area (TPSA) is 137 Å². The Hall–Kier alpha value is -3.08. The number of aryl methyl sites for hydroxylation is 1. The molecule has 0 unspecified atom stereocenters. The van der Waals surface area contributed by atoms with Gasteiger partial charge in [-0.1, -0.05) is 24.4 Å². The zero-order valence-corrected chi connectivity index (χ0v) is 19.7. The van der Waals surface area contributed by atoms with Crippen molar-refractivity contribution in [3.8, 4) is 0 Å². The van der Waals surface area contributed by atoms with Crippen LogP contribution in [0.2, 0.25) is 0 Å². The average Bonchev–Trinajstić information content (AvgIpc) is 3.22. The van der Waals surface area contributed by atoms with E-state index in [-0.39, 0.29) is 16.6 Å². The maximum Gasteiger partial charge on any atom is 0.322 e. The van der Waals surface area contributed by atoms with Gasteiger partial charge in [-0.05, 0) is 49.9 Å². The Morgan fingerprint density at radius 1 is 1.06 bits per heavy atom. The summed E-state index contributed by atoms with van der Waals surface area (Å²) in [6, 6.07) is 6.96. The summed E-state index contributed by atoms with van der Waals surface area (Å²) in [5.41, 5.74) is 0.569. The van der Waals surface area contributed by atoms with Crippen molar-refractivity contribution < 1.29 is 32.0 Å². The van der Waals surface area contributed by atoms with Crippen LogP contribution in [0, 0.1) is 18.8 Å². The highest BCUT2D eigenvalue weighted by molar-refractivity contribution is 7.92. The van der Waals surface area contributed by atoms with Crippen molar-refractivity contribution in [3.05, 3.63) is 36.1 Å². The van der Waals surface area contributed by atoms with Crippen LogP contribution in [-0.4, -0.2) is 45.8 Å². The van der Waals surface area contributed by atoms with Gasteiger partial charge in [0.15, 0.2) is 11.7 Å². The van der Waals surface area contributed by atoms with Gasteiger partial charge in [0.25, 0.3) is 10.0 Å². The van der Waals surface area contributed by atoms with Crippen LogP contribution in [0.4, 0.5) is 11.5 Å². The molecule has 1 fully saturated rings. The van der Waals surface area contributed by atoms with Crippen molar-refractivity contribution in [1.82, 2.24) is 5.16 Å². The van der Waals surface area contributed by atoms with Crippen molar-refractivity contribution in [2.24, 2.45) is 11.8 Å². The second kappa shape index (κ2) is 10.7. The molecule has 1 atom stereocenters. The molecule has 1 heterocycles. The number of nitrogens with one attached hydrogen (secondary N) is 2. The van der Waals surface area contributed by atoms with E-state index in [1.165, 1.54) is 32.4 Å². The number of ether oxygens (including phenoxy) is 2. The van der Waals surface area contributed by atoms with Crippen LogP contribution < -0.4 is 10.0 Å². The summed E-state index contributed by atoms with van der Waals surface area (Å²) in [7, 11) is -1.39. The van der Waals surface area contributed by atoms with E-state index in [1.54, 1.807) is 19.1 Å². The molecule has 0 radical (unpaired) electrons. The third kappa shape index (κ3) is 6.04. The van der Waals surface area contributed by atoms with Gasteiger partial charge in [-0.2, -0.15) is 0 Å². The summed E-state index contributed by atoms with van der Waals surface area (Å²) in [6.07, 6.45) is 4.82. The van der Waals surface area contributed by atoms with Crippen LogP contribution in [0.5, 0.6) is 0 Å². The first-order valence-corrected chi connectivity index (χ1v) is 12.2. The van der Waals surface area contributed by atoms with Crippen molar-refractivity contribution in [3.63, 3.8) is 0 Å². The first kappa shape index (κ1) is 24.6. The van der Waals surface area contributed by atoms with Gasteiger partial charge in [0, 0.05) is 11.8 Å². The molecule has 11 heteroatoms. The van der Waals surface area contributed by atoms with E-state index < -0.39 is 33.9 Å². The monoisotopic (exact) mass is 479 g/mol. The number of benzene rings is 1. The van der Waals surface area contributed by atoms with Gasteiger partial charge in [0.2, 0.25) is 0 Å². The number of anilines is 2. The van der Waals surface area contributed by atoms with E-state index in [9.17, 15) is 18.0 Å². The molecule has 2 N–H and O–H groups in total. The zero-order valence-electron chi connectivity index (χ0n) is 18.9. The van der Waals surface area contributed by atoms with Gasteiger partial charge >= 0.3 is 11.9 Å². The first-order valence-electron chi connectivity index (χ1n) is 10.7. The van der Waals surface area contributed by atoms with E-state index in [4.69, 9.17) is 14.0 Å². The number of sulfonamides is 1. The molecule has 1 aliphatic rings. The molecule has 0 aliphatic heterocycles. The summed E-state index contributed by atoms with van der Waals surface area (Å²) in [6.45, 7) is 1.66. The van der Waals surface area contributed by atoms with Gasteiger partial charge in [-0.25, -0.2) is 8.42 Å². The second-order valence-corrected chi connectivity index (χ2v) is 9.73. The van der Waals surface area contributed by atoms with Crippen molar-refractivity contribution in [2.45, 2.75) is 50.0 Å². The smallest absolute Gasteiger partial charge is 0.322 e. The lowest BCUT2D eigenvalue weighted by Gasteiger charge is -2.34. The highest BCUT2D eigenvalue weighted by atomic mass is 32.2. The van der Waals surface area contributed by atoms with Crippen molar-refractivity contribution in [2.75, 3.05) is 24.3 Å². The number of hydrogen-bond donors (Lipinski definition) is 2. The Labute approximate surface area is 193 Å². The standard InChI is InChI=1S/C22H29N3O7S/c1-14-13-18(24-32-14)25-33(28,29)17-11-9-16(10-12-17)23-20(15-7-5-4-6-8-15)19(21(26)30-2)22(27)31-3/h9-13,15,19-20,23H,4-8H2,1-3H3,(H,24,25)/t20-/m0/s1.